The van der Waals surface area contributed by atoms with Crippen LogP contribution in [0.3, 0.4) is 0 Å². The summed E-state index contributed by atoms with van der Waals surface area (Å²) in [5, 5.41) is 1.93. The number of likely N-dealkylation sites (tertiary alicyclic amines) is 1. The molecule has 1 atom stereocenters. The lowest BCUT2D eigenvalue weighted by Gasteiger charge is -2.34. The first kappa shape index (κ1) is 21.6. The Morgan fingerprint density at radius 3 is 2.43 bits per heavy atom. The molecule has 1 aromatic rings. The third kappa shape index (κ3) is 4.23. The molecule has 0 unspecified atom stereocenters. The Morgan fingerprint density at radius 1 is 1.10 bits per heavy atom. The molecule has 0 saturated carbocycles. The number of sulfonamides is 1. The first-order chi connectivity index (χ1) is 14.3. The van der Waals surface area contributed by atoms with Gasteiger partial charge in [-0.05, 0) is 44.0 Å². The van der Waals surface area contributed by atoms with E-state index in [9.17, 15) is 18.0 Å². The highest BCUT2D eigenvalue weighted by molar-refractivity contribution is 8.01. The number of anilines is 1. The molecular weight excluding hydrogens is 424 g/mol. The molecule has 1 aromatic carbocycles. The van der Waals surface area contributed by atoms with Crippen LogP contribution in [-0.2, 0) is 19.6 Å². The Labute approximate surface area is 182 Å². The minimum absolute atomic E-state index is 0.163. The number of rotatable bonds is 3. The Kier molecular flexibility index (Phi) is 6.11. The van der Waals surface area contributed by atoms with Gasteiger partial charge in [-0.3, -0.25) is 9.59 Å². The third-order valence-corrected chi connectivity index (χ3v) is 9.27. The predicted molar refractivity (Wildman–Crippen MR) is 116 cm³/mol. The molecule has 1 N–H and O–H groups in total. The van der Waals surface area contributed by atoms with Crippen LogP contribution < -0.4 is 5.32 Å². The van der Waals surface area contributed by atoms with Crippen molar-refractivity contribution < 1.29 is 18.0 Å². The topological polar surface area (TPSA) is 90.0 Å². The van der Waals surface area contributed by atoms with E-state index >= 15 is 0 Å². The summed E-state index contributed by atoms with van der Waals surface area (Å²) in [7, 11) is -1.65. The van der Waals surface area contributed by atoms with E-state index in [0.29, 0.717) is 50.9 Å². The fraction of sp³-hybridized carbons (Fsp3) is 0.600. The highest BCUT2D eigenvalue weighted by Gasteiger charge is 2.37. The van der Waals surface area contributed by atoms with E-state index in [1.54, 1.807) is 17.0 Å². The summed E-state index contributed by atoms with van der Waals surface area (Å²) in [5.74, 6) is 0.0535. The van der Waals surface area contributed by atoms with Crippen LogP contribution in [-0.4, -0.2) is 85.9 Å². The molecule has 10 heteroatoms. The molecule has 2 amide bonds. The molecule has 2 saturated heterocycles. The van der Waals surface area contributed by atoms with Crippen LogP contribution in [0.15, 0.2) is 28.0 Å². The van der Waals surface area contributed by atoms with Gasteiger partial charge in [0.1, 0.15) is 0 Å². The van der Waals surface area contributed by atoms with Crippen molar-refractivity contribution in [2.45, 2.75) is 34.8 Å². The monoisotopic (exact) mass is 452 g/mol. The lowest BCUT2D eigenvalue weighted by molar-refractivity contribution is -0.135. The molecule has 0 aliphatic carbocycles. The van der Waals surface area contributed by atoms with Gasteiger partial charge in [0, 0.05) is 44.2 Å². The van der Waals surface area contributed by atoms with Crippen molar-refractivity contribution in [1.82, 2.24) is 14.1 Å². The van der Waals surface area contributed by atoms with Crippen molar-refractivity contribution in [2.24, 2.45) is 5.92 Å². The number of likely N-dealkylation sites (N-methyl/N-ethyl adjacent to an activating group) is 1. The number of piperidine rings is 1. The lowest BCUT2D eigenvalue weighted by Crippen LogP contribution is -2.47. The lowest BCUT2D eigenvalue weighted by atomic mass is 9.99. The molecular formula is C20H28N4O4S2. The van der Waals surface area contributed by atoms with Crippen molar-refractivity contribution in [1.29, 1.82) is 0 Å². The molecule has 3 heterocycles. The van der Waals surface area contributed by atoms with E-state index in [1.165, 1.54) is 22.1 Å². The summed E-state index contributed by atoms with van der Waals surface area (Å²) in [4.78, 5) is 30.3. The van der Waals surface area contributed by atoms with Gasteiger partial charge in [-0.25, -0.2) is 8.42 Å². The Hall–Kier alpha value is -1.62. The van der Waals surface area contributed by atoms with Gasteiger partial charge >= 0.3 is 0 Å². The number of benzene rings is 1. The molecule has 164 valence electrons. The van der Waals surface area contributed by atoms with E-state index in [4.69, 9.17) is 0 Å². The zero-order valence-corrected chi connectivity index (χ0v) is 19.0. The van der Waals surface area contributed by atoms with Crippen LogP contribution in [0.25, 0.3) is 0 Å². The maximum absolute atomic E-state index is 13.0. The van der Waals surface area contributed by atoms with Crippen molar-refractivity contribution in [3.05, 3.63) is 18.2 Å². The van der Waals surface area contributed by atoms with Gasteiger partial charge in [0.2, 0.25) is 21.8 Å². The number of carbonyl (C=O) groups is 2. The summed E-state index contributed by atoms with van der Waals surface area (Å²) in [6, 6.07) is 4.78. The number of carbonyl (C=O) groups excluding carboxylic acids is 2. The van der Waals surface area contributed by atoms with Gasteiger partial charge in [0.05, 0.1) is 10.6 Å². The largest absolute Gasteiger partial charge is 0.341 e. The second-order valence-electron chi connectivity index (χ2n) is 8.36. The van der Waals surface area contributed by atoms with Crippen LogP contribution in [0.1, 0.15) is 19.8 Å². The number of nitrogens with one attached hydrogen (secondary N) is 1. The number of hydrogen-bond acceptors (Lipinski definition) is 6. The van der Waals surface area contributed by atoms with Gasteiger partial charge in [0.15, 0.2) is 5.25 Å². The van der Waals surface area contributed by atoms with E-state index in [2.05, 4.69) is 17.1 Å². The number of amides is 2. The van der Waals surface area contributed by atoms with Gasteiger partial charge in [-0.15, -0.1) is 11.8 Å². The molecule has 0 spiro atoms. The van der Waals surface area contributed by atoms with Crippen LogP contribution in [0.5, 0.6) is 0 Å². The average molecular weight is 453 g/mol. The summed E-state index contributed by atoms with van der Waals surface area (Å²) in [6.45, 7) is 5.81. The number of hydrogen-bond donors (Lipinski definition) is 1. The molecule has 8 nitrogen and oxygen atoms in total. The van der Waals surface area contributed by atoms with E-state index in [1.807, 2.05) is 7.05 Å². The van der Waals surface area contributed by atoms with Crippen LogP contribution in [0.4, 0.5) is 5.69 Å². The maximum Gasteiger partial charge on any atom is 0.247 e. The van der Waals surface area contributed by atoms with E-state index < -0.39 is 15.3 Å². The Bertz CT molecular complexity index is 936. The Balaban J connectivity index is 1.50. The second-order valence-corrected chi connectivity index (χ2v) is 11.4. The van der Waals surface area contributed by atoms with Crippen molar-refractivity contribution in [3.8, 4) is 0 Å². The minimum Gasteiger partial charge on any atom is -0.341 e. The average Bonchev–Trinajstić information content (AvgIpc) is 2.73. The van der Waals surface area contributed by atoms with E-state index in [-0.39, 0.29) is 16.7 Å². The predicted octanol–water partition coefficient (Wildman–Crippen LogP) is 1.29. The smallest absolute Gasteiger partial charge is 0.247 e. The fourth-order valence-electron chi connectivity index (χ4n) is 3.98. The Morgan fingerprint density at radius 2 is 1.77 bits per heavy atom. The zero-order valence-electron chi connectivity index (χ0n) is 17.3. The van der Waals surface area contributed by atoms with Gasteiger partial charge < -0.3 is 15.1 Å². The molecule has 0 radical (unpaired) electrons. The van der Waals surface area contributed by atoms with Gasteiger partial charge in [0.25, 0.3) is 0 Å². The number of thioether (sulfide) groups is 1. The highest BCUT2D eigenvalue weighted by atomic mass is 32.2. The van der Waals surface area contributed by atoms with Crippen LogP contribution in [0.2, 0.25) is 0 Å². The van der Waals surface area contributed by atoms with Crippen LogP contribution in [0, 0.1) is 5.92 Å². The number of fused-ring (bicyclic) bond motifs is 1. The quantitative estimate of drug-likeness (QED) is 0.696. The molecule has 30 heavy (non-hydrogen) atoms. The van der Waals surface area contributed by atoms with Gasteiger partial charge in [-0.2, -0.15) is 4.31 Å². The maximum atomic E-state index is 13.0. The number of piperazine rings is 1. The number of nitrogens with zero attached hydrogens (tertiary/aromatic N) is 3. The summed E-state index contributed by atoms with van der Waals surface area (Å²) < 4.78 is 27.5. The SMILES string of the molecule is CC1CCN(C(=O)[C@H]2Sc3ccc(S(=O)(=O)N4CCN(C)CC4)cc3NC2=O)CC1. The highest BCUT2D eigenvalue weighted by Crippen LogP contribution is 2.38. The molecule has 0 aromatic heterocycles. The third-order valence-electron chi connectivity index (χ3n) is 6.11. The van der Waals surface area contributed by atoms with E-state index in [0.717, 1.165) is 17.7 Å². The summed E-state index contributed by atoms with van der Waals surface area (Å²) in [5.41, 5.74) is 0.455. The minimum atomic E-state index is -3.62. The van der Waals surface area contributed by atoms with Crippen LogP contribution >= 0.6 is 11.8 Å². The normalized spacial score (nSPS) is 24.4. The first-order valence-corrected chi connectivity index (χ1v) is 12.7. The zero-order chi connectivity index (χ0) is 21.5. The molecule has 3 aliphatic heterocycles. The van der Waals surface area contributed by atoms with Crippen molar-refractivity contribution in [3.63, 3.8) is 0 Å². The molecule has 3 aliphatic rings. The van der Waals surface area contributed by atoms with Crippen molar-refractivity contribution >= 4 is 39.3 Å². The standard InChI is InChI=1S/C20H28N4O4S2/c1-14-5-7-23(8-6-14)20(26)18-19(25)21-16-13-15(3-4-17(16)29-18)30(27,28)24-11-9-22(2)10-12-24/h3-4,13-14,18H,5-12H2,1-2H3,(H,21,25)/t18-/m0/s1. The summed E-state index contributed by atoms with van der Waals surface area (Å²) in [6.07, 6.45) is 1.91. The molecule has 0 bridgehead atoms. The summed E-state index contributed by atoms with van der Waals surface area (Å²) >= 11 is 1.20. The second kappa shape index (κ2) is 8.49. The first-order valence-electron chi connectivity index (χ1n) is 10.3. The fourth-order valence-corrected chi connectivity index (χ4v) is 6.49. The van der Waals surface area contributed by atoms with Crippen molar-refractivity contribution in [2.75, 3.05) is 51.6 Å². The molecule has 4 rings (SSSR count). The van der Waals surface area contributed by atoms with Gasteiger partial charge in [-0.1, -0.05) is 6.92 Å². The molecule has 2 fully saturated rings.